The molecule has 0 N–H and O–H groups in total. The molecule has 0 radical (unpaired) electrons. The Morgan fingerprint density at radius 3 is 2.57 bits per heavy atom. The van der Waals surface area contributed by atoms with Crippen molar-refractivity contribution in [1.82, 2.24) is 9.55 Å². The summed E-state index contributed by atoms with van der Waals surface area (Å²) in [6.07, 6.45) is 0. The molecule has 0 unspecified atom stereocenters. The molecule has 5 nitrogen and oxygen atoms in total. The molecule has 0 fully saturated rings. The van der Waals surface area contributed by atoms with E-state index in [9.17, 15) is 9.59 Å². The molecule has 1 aromatic carbocycles. The summed E-state index contributed by atoms with van der Waals surface area (Å²) in [5.41, 5.74) is 0.853. The average molecular weight is 288 g/mol. The third kappa shape index (κ3) is 3.12. The SMILES string of the molecule is Cc1ccc2nc(C)n(COC(=O)C(C)(C)C)c(=O)c2c1. The van der Waals surface area contributed by atoms with Gasteiger partial charge in [0.2, 0.25) is 0 Å². The van der Waals surface area contributed by atoms with Gasteiger partial charge in [-0.1, -0.05) is 11.6 Å². The number of aromatic nitrogens is 2. The maximum absolute atomic E-state index is 12.5. The lowest BCUT2D eigenvalue weighted by Crippen LogP contribution is -2.29. The van der Waals surface area contributed by atoms with Gasteiger partial charge in [-0.25, -0.2) is 4.98 Å². The normalized spacial score (nSPS) is 11.7. The zero-order valence-electron chi connectivity index (χ0n) is 13.1. The summed E-state index contributed by atoms with van der Waals surface area (Å²) >= 11 is 0. The second-order valence-corrected chi connectivity index (χ2v) is 6.22. The molecule has 21 heavy (non-hydrogen) atoms. The second-order valence-electron chi connectivity index (χ2n) is 6.22. The van der Waals surface area contributed by atoms with Crippen LogP contribution in [0.25, 0.3) is 10.9 Å². The van der Waals surface area contributed by atoms with Crippen molar-refractivity contribution >= 4 is 16.9 Å². The molecular formula is C16H20N2O3. The van der Waals surface area contributed by atoms with E-state index >= 15 is 0 Å². The van der Waals surface area contributed by atoms with Crippen molar-refractivity contribution in [1.29, 1.82) is 0 Å². The first-order chi connectivity index (χ1) is 9.70. The number of hydrogen-bond donors (Lipinski definition) is 0. The molecule has 1 heterocycles. The summed E-state index contributed by atoms with van der Waals surface area (Å²) < 4.78 is 6.60. The van der Waals surface area contributed by atoms with Crippen LogP contribution in [0.15, 0.2) is 23.0 Å². The Labute approximate surface area is 123 Å². The number of nitrogens with zero attached hydrogens (tertiary/aromatic N) is 2. The van der Waals surface area contributed by atoms with Crippen LogP contribution in [-0.2, 0) is 16.3 Å². The third-order valence-corrected chi connectivity index (χ3v) is 3.24. The summed E-state index contributed by atoms with van der Waals surface area (Å²) in [6.45, 7) is 8.85. The van der Waals surface area contributed by atoms with E-state index in [4.69, 9.17) is 4.74 Å². The smallest absolute Gasteiger partial charge is 0.312 e. The molecule has 0 saturated heterocycles. The summed E-state index contributed by atoms with van der Waals surface area (Å²) in [5.74, 6) is 0.177. The van der Waals surface area contributed by atoms with E-state index in [2.05, 4.69) is 4.98 Å². The van der Waals surface area contributed by atoms with Crippen molar-refractivity contribution in [2.24, 2.45) is 5.41 Å². The summed E-state index contributed by atoms with van der Waals surface area (Å²) in [4.78, 5) is 28.7. The van der Waals surface area contributed by atoms with Crippen LogP contribution in [0.4, 0.5) is 0 Å². The summed E-state index contributed by atoms with van der Waals surface area (Å²) in [6, 6.07) is 5.54. The maximum Gasteiger partial charge on any atom is 0.312 e. The molecule has 112 valence electrons. The highest BCUT2D eigenvalue weighted by Crippen LogP contribution is 2.16. The number of hydrogen-bond acceptors (Lipinski definition) is 4. The fourth-order valence-corrected chi connectivity index (χ4v) is 1.94. The molecule has 0 amide bonds. The van der Waals surface area contributed by atoms with Gasteiger partial charge in [-0.15, -0.1) is 0 Å². The number of ether oxygens (including phenoxy) is 1. The number of aryl methyl sites for hydroxylation is 2. The van der Waals surface area contributed by atoms with E-state index < -0.39 is 5.41 Å². The highest BCUT2D eigenvalue weighted by Gasteiger charge is 2.23. The van der Waals surface area contributed by atoms with Gasteiger partial charge in [0.15, 0.2) is 6.73 Å². The molecule has 5 heteroatoms. The molecule has 2 rings (SSSR count). The Kier molecular flexibility index (Phi) is 3.85. The van der Waals surface area contributed by atoms with Crippen LogP contribution in [0.5, 0.6) is 0 Å². The predicted octanol–water partition coefficient (Wildman–Crippen LogP) is 2.56. The Balaban J connectivity index is 2.41. The number of fused-ring (bicyclic) bond motifs is 1. The van der Waals surface area contributed by atoms with Gasteiger partial charge in [0, 0.05) is 0 Å². The zero-order valence-corrected chi connectivity index (χ0v) is 13.1. The van der Waals surface area contributed by atoms with Crippen molar-refractivity contribution in [3.63, 3.8) is 0 Å². The minimum absolute atomic E-state index is 0.113. The van der Waals surface area contributed by atoms with Crippen LogP contribution in [0.3, 0.4) is 0 Å². The standard InChI is InChI=1S/C16H20N2O3/c1-10-6-7-13-12(8-10)14(19)18(11(2)17-13)9-21-15(20)16(3,4)5/h6-8H,9H2,1-5H3. The monoisotopic (exact) mass is 288 g/mol. The van der Waals surface area contributed by atoms with Gasteiger partial charge in [0.1, 0.15) is 5.82 Å². The largest absolute Gasteiger partial charge is 0.443 e. The molecule has 0 aliphatic heterocycles. The molecule has 0 atom stereocenters. The highest BCUT2D eigenvalue weighted by atomic mass is 16.5. The fourth-order valence-electron chi connectivity index (χ4n) is 1.94. The molecule has 0 saturated carbocycles. The summed E-state index contributed by atoms with van der Waals surface area (Å²) in [5, 5.41) is 0.535. The third-order valence-electron chi connectivity index (χ3n) is 3.24. The van der Waals surface area contributed by atoms with E-state index in [0.717, 1.165) is 5.56 Å². The molecule has 0 aliphatic carbocycles. The van der Waals surface area contributed by atoms with E-state index in [1.54, 1.807) is 33.8 Å². The van der Waals surface area contributed by atoms with E-state index in [1.807, 2.05) is 19.1 Å². The summed E-state index contributed by atoms with van der Waals surface area (Å²) in [7, 11) is 0. The van der Waals surface area contributed by atoms with Crippen LogP contribution in [0.2, 0.25) is 0 Å². The van der Waals surface area contributed by atoms with Gasteiger partial charge in [-0.05, 0) is 46.8 Å². The maximum atomic E-state index is 12.5. The Hall–Kier alpha value is -2.17. The molecule has 0 spiro atoms. The molecule has 1 aromatic heterocycles. The van der Waals surface area contributed by atoms with E-state index in [-0.39, 0.29) is 18.3 Å². The molecule has 2 aromatic rings. The minimum Gasteiger partial charge on any atom is -0.443 e. The van der Waals surface area contributed by atoms with Gasteiger partial charge in [0.05, 0.1) is 16.3 Å². The van der Waals surface area contributed by atoms with Crippen LogP contribution in [0, 0.1) is 19.3 Å². The zero-order chi connectivity index (χ0) is 15.8. The Bertz CT molecular complexity index is 754. The first-order valence-corrected chi connectivity index (χ1v) is 6.85. The van der Waals surface area contributed by atoms with Crippen molar-refractivity contribution in [2.75, 3.05) is 0 Å². The van der Waals surface area contributed by atoms with Gasteiger partial charge in [-0.3, -0.25) is 14.2 Å². The van der Waals surface area contributed by atoms with Crippen LogP contribution < -0.4 is 5.56 Å². The lowest BCUT2D eigenvalue weighted by molar-refractivity contribution is -0.157. The van der Waals surface area contributed by atoms with Crippen molar-refractivity contribution < 1.29 is 9.53 Å². The van der Waals surface area contributed by atoms with Crippen LogP contribution in [0.1, 0.15) is 32.2 Å². The quantitative estimate of drug-likeness (QED) is 0.797. The van der Waals surface area contributed by atoms with Crippen molar-refractivity contribution in [3.05, 3.63) is 39.9 Å². The number of carbonyl (C=O) groups excluding carboxylic acids is 1. The van der Waals surface area contributed by atoms with E-state index in [1.165, 1.54) is 4.57 Å². The lowest BCUT2D eigenvalue weighted by Gasteiger charge is -2.18. The second kappa shape index (κ2) is 5.31. The molecule has 0 aliphatic rings. The molecule has 0 bridgehead atoms. The van der Waals surface area contributed by atoms with Crippen LogP contribution in [-0.4, -0.2) is 15.5 Å². The average Bonchev–Trinajstić information content (AvgIpc) is 2.38. The van der Waals surface area contributed by atoms with Gasteiger partial charge in [0.25, 0.3) is 5.56 Å². The highest BCUT2D eigenvalue weighted by molar-refractivity contribution is 5.78. The van der Waals surface area contributed by atoms with Crippen molar-refractivity contribution in [2.45, 2.75) is 41.3 Å². The van der Waals surface area contributed by atoms with Gasteiger partial charge in [-0.2, -0.15) is 0 Å². The Morgan fingerprint density at radius 2 is 1.95 bits per heavy atom. The first-order valence-electron chi connectivity index (χ1n) is 6.85. The van der Waals surface area contributed by atoms with Crippen LogP contribution >= 0.6 is 0 Å². The molecular weight excluding hydrogens is 268 g/mol. The van der Waals surface area contributed by atoms with Gasteiger partial charge >= 0.3 is 5.97 Å². The van der Waals surface area contributed by atoms with Crippen molar-refractivity contribution in [3.8, 4) is 0 Å². The van der Waals surface area contributed by atoms with Gasteiger partial charge < -0.3 is 4.74 Å². The first kappa shape index (κ1) is 15.2. The predicted molar refractivity (Wildman–Crippen MR) is 81.0 cm³/mol. The minimum atomic E-state index is -0.599. The topological polar surface area (TPSA) is 61.2 Å². The number of carbonyl (C=O) groups is 1. The number of esters is 1. The Morgan fingerprint density at radius 1 is 1.29 bits per heavy atom. The number of rotatable bonds is 2. The van der Waals surface area contributed by atoms with E-state index in [0.29, 0.717) is 16.7 Å². The lowest BCUT2D eigenvalue weighted by atomic mass is 9.98. The number of benzene rings is 1. The fraction of sp³-hybridized carbons (Fsp3) is 0.438.